The standard InChI is InChI=1S/C27H33N5O8S/c1-16(2)14-32(15-22(33)21(30-27(36)37)12-17-6-4-3-5-7-17)41(38,39)18-8-9-19-23(13-18)40-26(29-19)31-25(35)20-10-11-24(34)28-20/h3-9,13,16,20-22,30,33H,10-12,14-15H2,1-2H3,(H,28,34)(H,36,37)(H,29,31,35). The van der Waals surface area contributed by atoms with Crippen LogP contribution in [0.25, 0.3) is 11.1 Å². The van der Waals surface area contributed by atoms with Crippen molar-refractivity contribution in [3.05, 3.63) is 54.1 Å². The van der Waals surface area contributed by atoms with Crippen LogP contribution in [0.5, 0.6) is 0 Å². The average Bonchev–Trinajstić information content (AvgIpc) is 3.53. The number of hydrogen-bond acceptors (Lipinski definition) is 8. The van der Waals surface area contributed by atoms with Crippen LogP contribution >= 0.6 is 0 Å². The predicted molar refractivity (Wildman–Crippen MR) is 149 cm³/mol. The fourth-order valence-corrected chi connectivity index (χ4v) is 6.23. The van der Waals surface area contributed by atoms with Gasteiger partial charge in [-0.25, -0.2) is 13.2 Å². The number of carbonyl (C=O) groups is 3. The van der Waals surface area contributed by atoms with Crippen molar-refractivity contribution < 1.29 is 37.4 Å². The Balaban J connectivity index is 1.55. The summed E-state index contributed by atoms with van der Waals surface area (Å²) >= 11 is 0. The Hall–Kier alpha value is -4.01. The lowest BCUT2D eigenvalue weighted by molar-refractivity contribution is -0.122. The van der Waals surface area contributed by atoms with Gasteiger partial charge in [-0.05, 0) is 36.5 Å². The number of oxazole rings is 1. The minimum Gasteiger partial charge on any atom is -0.465 e. The van der Waals surface area contributed by atoms with E-state index in [1.165, 1.54) is 18.2 Å². The molecular formula is C27H33N5O8S. The van der Waals surface area contributed by atoms with Crippen molar-refractivity contribution in [2.45, 2.75) is 56.2 Å². The smallest absolute Gasteiger partial charge is 0.404 e. The number of sulfonamides is 1. The van der Waals surface area contributed by atoms with E-state index in [0.29, 0.717) is 11.9 Å². The molecule has 3 amide bonds. The van der Waals surface area contributed by atoms with E-state index in [1.54, 1.807) is 24.3 Å². The number of nitrogens with one attached hydrogen (secondary N) is 3. The number of benzene rings is 2. The minimum atomic E-state index is -4.17. The van der Waals surface area contributed by atoms with E-state index < -0.39 is 40.2 Å². The summed E-state index contributed by atoms with van der Waals surface area (Å²) in [7, 11) is -4.17. The highest BCUT2D eigenvalue weighted by atomic mass is 32.2. The van der Waals surface area contributed by atoms with E-state index in [1.807, 2.05) is 19.9 Å². The van der Waals surface area contributed by atoms with Crippen LogP contribution in [0.15, 0.2) is 57.8 Å². The lowest BCUT2D eigenvalue weighted by Crippen LogP contribution is -2.50. The zero-order chi connectivity index (χ0) is 29.7. The van der Waals surface area contributed by atoms with Crippen LogP contribution in [0.4, 0.5) is 10.8 Å². The zero-order valence-corrected chi connectivity index (χ0v) is 23.4. The summed E-state index contributed by atoms with van der Waals surface area (Å²) < 4.78 is 34.2. The molecule has 220 valence electrons. The maximum atomic E-state index is 13.7. The number of nitrogens with zero attached hydrogens (tertiary/aromatic N) is 2. The Kier molecular flexibility index (Phi) is 9.25. The lowest BCUT2D eigenvalue weighted by atomic mass is 10.0. The van der Waals surface area contributed by atoms with Gasteiger partial charge in [0.15, 0.2) is 5.58 Å². The fourth-order valence-electron chi connectivity index (χ4n) is 4.60. The van der Waals surface area contributed by atoms with Crippen molar-refractivity contribution in [1.82, 2.24) is 19.9 Å². The van der Waals surface area contributed by atoms with E-state index in [4.69, 9.17) is 4.42 Å². The molecule has 2 aromatic carbocycles. The minimum absolute atomic E-state index is 0.0629. The summed E-state index contributed by atoms with van der Waals surface area (Å²) in [4.78, 5) is 39.3. The van der Waals surface area contributed by atoms with E-state index in [-0.39, 0.29) is 54.2 Å². The van der Waals surface area contributed by atoms with Gasteiger partial charge in [0.2, 0.25) is 15.9 Å². The van der Waals surface area contributed by atoms with E-state index in [2.05, 4.69) is 20.9 Å². The van der Waals surface area contributed by atoms with Crippen LogP contribution in [0, 0.1) is 5.92 Å². The van der Waals surface area contributed by atoms with Gasteiger partial charge in [0.05, 0.1) is 17.0 Å². The van der Waals surface area contributed by atoms with Crippen LogP contribution in [0.2, 0.25) is 0 Å². The topological polar surface area (TPSA) is 191 Å². The SMILES string of the molecule is CC(C)CN(CC(O)C(Cc1ccccc1)NC(=O)O)S(=O)(=O)c1ccc2nc(NC(=O)C3CCC(=O)N3)oc2c1. The molecule has 2 heterocycles. The molecule has 1 aliphatic heterocycles. The molecular weight excluding hydrogens is 554 g/mol. The molecule has 3 aromatic rings. The van der Waals surface area contributed by atoms with Crippen LogP contribution in [0.3, 0.4) is 0 Å². The summed E-state index contributed by atoms with van der Waals surface area (Å²) in [5.74, 6) is -0.824. The molecule has 14 heteroatoms. The summed E-state index contributed by atoms with van der Waals surface area (Å²) in [5.41, 5.74) is 1.19. The van der Waals surface area contributed by atoms with Crippen LogP contribution in [0.1, 0.15) is 32.3 Å². The monoisotopic (exact) mass is 587 g/mol. The van der Waals surface area contributed by atoms with Gasteiger partial charge in [-0.3, -0.25) is 14.9 Å². The quantitative estimate of drug-likeness (QED) is 0.211. The third kappa shape index (κ3) is 7.60. The van der Waals surface area contributed by atoms with Gasteiger partial charge in [-0.1, -0.05) is 44.2 Å². The molecule has 0 spiro atoms. The molecule has 0 radical (unpaired) electrons. The molecule has 3 unspecified atom stereocenters. The summed E-state index contributed by atoms with van der Waals surface area (Å²) in [6.45, 7) is 3.36. The maximum Gasteiger partial charge on any atom is 0.404 e. The molecule has 0 saturated carbocycles. The van der Waals surface area contributed by atoms with E-state index in [9.17, 15) is 33.0 Å². The van der Waals surface area contributed by atoms with Crippen molar-refractivity contribution in [2.24, 2.45) is 5.92 Å². The number of hydrogen-bond donors (Lipinski definition) is 5. The Bertz CT molecular complexity index is 1510. The second-order valence-electron chi connectivity index (χ2n) is 10.3. The first-order valence-corrected chi connectivity index (χ1v) is 14.6. The summed E-state index contributed by atoms with van der Waals surface area (Å²) in [6.07, 6.45) is -1.94. The molecule has 13 nitrogen and oxygen atoms in total. The normalized spacial score (nSPS) is 17.0. The largest absolute Gasteiger partial charge is 0.465 e. The van der Waals surface area contributed by atoms with Gasteiger partial charge in [0.1, 0.15) is 11.6 Å². The Labute approximate surface area is 237 Å². The van der Waals surface area contributed by atoms with Crippen molar-refractivity contribution in [1.29, 1.82) is 0 Å². The number of aliphatic hydroxyl groups excluding tert-OH is 1. The highest BCUT2D eigenvalue weighted by Crippen LogP contribution is 2.26. The Morgan fingerprint density at radius 3 is 2.54 bits per heavy atom. The van der Waals surface area contributed by atoms with Gasteiger partial charge in [-0.2, -0.15) is 9.29 Å². The fraction of sp³-hybridized carbons (Fsp3) is 0.407. The van der Waals surface area contributed by atoms with Crippen molar-refractivity contribution in [2.75, 3.05) is 18.4 Å². The van der Waals surface area contributed by atoms with Gasteiger partial charge < -0.3 is 25.3 Å². The zero-order valence-electron chi connectivity index (χ0n) is 22.6. The highest BCUT2D eigenvalue weighted by Gasteiger charge is 2.32. The second kappa shape index (κ2) is 12.7. The molecule has 0 aliphatic carbocycles. The van der Waals surface area contributed by atoms with E-state index >= 15 is 0 Å². The van der Waals surface area contributed by atoms with Crippen molar-refractivity contribution in [3.63, 3.8) is 0 Å². The first-order valence-electron chi connectivity index (χ1n) is 13.1. The Morgan fingerprint density at radius 1 is 1.17 bits per heavy atom. The summed E-state index contributed by atoms with van der Waals surface area (Å²) in [5, 5.41) is 27.7. The number of fused-ring (bicyclic) bond motifs is 1. The number of rotatable bonds is 12. The molecule has 1 saturated heterocycles. The van der Waals surface area contributed by atoms with Crippen LogP contribution in [-0.4, -0.2) is 77.1 Å². The maximum absolute atomic E-state index is 13.7. The molecule has 3 atom stereocenters. The number of aromatic nitrogens is 1. The van der Waals surface area contributed by atoms with Crippen molar-refractivity contribution in [3.8, 4) is 0 Å². The summed E-state index contributed by atoms with van der Waals surface area (Å²) in [6, 6.07) is 11.2. The molecule has 41 heavy (non-hydrogen) atoms. The Morgan fingerprint density at radius 2 is 1.90 bits per heavy atom. The molecule has 1 fully saturated rings. The third-order valence-electron chi connectivity index (χ3n) is 6.57. The lowest BCUT2D eigenvalue weighted by Gasteiger charge is -2.30. The van der Waals surface area contributed by atoms with E-state index in [0.717, 1.165) is 9.87 Å². The van der Waals surface area contributed by atoms with Crippen LogP contribution in [-0.2, 0) is 26.0 Å². The number of carbonyl (C=O) groups excluding carboxylic acids is 2. The molecule has 1 aromatic heterocycles. The molecule has 0 bridgehead atoms. The predicted octanol–water partition coefficient (Wildman–Crippen LogP) is 1.93. The molecule has 5 N–H and O–H groups in total. The molecule has 1 aliphatic rings. The highest BCUT2D eigenvalue weighted by molar-refractivity contribution is 7.89. The number of anilines is 1. The average molecular weight is 588 g/mol. The van der Waals surface area contributed by atoms with Gasteiger partial charge in [0, 0.05) is 25.6 Å². The molecule has 4 rings (SSSR count). The van der Waals surface area contributed by atoms with Gasteiger partial charge >= 0.3 is 12.1 Å². The van der Waals surface area contributed by atoms with Crippen LogP contribution < -0.4 is 16.0 Å². The first-order chi connectivity index (χ1) is 19.4. The number of carboxylic acid groups (broad SMARTS) is 1. The van der Waals surface area contributed by atoms with Gasteiger partial charge in [-0.15, -0.1) is 0 Å². The first kappa shape index (κ1) is 30.0. The third-order valence-corrected chi connectivity index (χ3v) is 8.40. The number of amides is 3. The number of aliphatic hydroxyl groups is 1. The van der Waals surface area contributed by atoms with Crippen molar-refractivity contribution >= 4 is 45.0 Å². The second-order valence-corrected chi connectivity index (χ2v) is 12.3. The van der Waals surface area contributed by atoms with Gasteiger partial charge in [0.25, 0.3) is 5.91 Å².